The third kappa shape index (κ3) is 8.89. The van der Waals surface area contributed by atoms with E-state index < -0.39 is 28.5 Å². The molecule has 1 N–H and O–H groups in total. The summed E-state index contributed by atoms with van der Waals surface area (Å²) >= 11 is 6.08. The molecule has 0 radical (unpaired) electrons. The number of halogens is 1. The van der Waals surface area contributed by atoms with Crippen molar-refractivity contribution in [1.82, 2.24) is 10.2 Å². The van der Waals surface area contributed by atoms with E-state index in [1.807, 2.05) is 74.5 Å². The van der Waals surface area contributed by atoms with Crippen LogP contribution in [0.5, 0.6) is 5.75 Å². The van der Waals surface area contributed by atoms with E-state index in [1.165, 1.54) is 29.2 Å². The first-order valence-corrected chi connectivity index (χ1v) is 17.1. The van der Waals surface area contributed by atoms with Gasteiger partial charge in [0.1, 0.15) is 18.3 Å². The van der Waals surface area contributed by atoms with Gasteiger partial charge in [-0.15, -0.1) is 0 Å². The lowest BCUT2D eigenvalue weighted by Gasteiger charge is -2.34. The molecular weight excluding hydrogens is 622 g/mol. The fourth-order valence-corrected chi connectivity index (χ4v) is 6.51. The number of nitrogens with zero attached hydrogens (tertiary/aromatic N) is 2. The zero-order valence-corrected chi connectivity index (χ0v) is 27.9. The minimum Gasteiger partial charge on any atom is -0.492 e. The Morgan fingerprint density at radius 2 is 1.41 bits per heavy atom. The maximum Gasteiger partial charge on any atom is 0.264 e. The third-order valence-electron chi connectivity index (χ3n) is 7.58. The van der Waals surface area contributed by atoms with Crippen LogP contribution in [0.25, 0.3) is 0 Å². The second-order valence-corrected chi connectivity index (χ2v) is 13.2. The first-order chi connectivity index (χ1) is 22.1. The van der Waals surface area contributed by atoms with E-state index in [0.717, 1.165) is 15.4 Å². The molecule has 0 spiro atoms. The van der Waals surface area contributed by atoms with Crippen molar-refractivity contribution in [2.75, 3.05) is 17.5 Å². The molecule has 0 aliphatic heterocycles. The van der Waals surface area contributed by atoms with Crippen LogP contribution in [0.3, 0.4) is 0 Å². The number of sulfonamides is 1. The van der Waals surface area contributed by atoms with Crippen molar-refractivity contribution in [3.8, 4) is 5.75 Å². The molecule has 0 saturated carbocycles. The molecule has 46 heavy (non-hydrogen) atoms. The van der Waals surface area contributed by atoms with Gasteiger partial charge in [0.25, 0.3) is 10.0 Å². The molecule has 0 saturated heterocycles. The molecule has 0 heterocycles. The van der Waals surface area contributed by atoms with Crippen molar-refractivity contribution >= 4 is 39.1 Å². The van der Waals surface area contributed by atoms with E-state index in [-0.39, 0.29) is 42.1 Å². The topological polar surface area (TPSA) is 96.0 Å². The number of nitrogens with one attached hydrogen (secondary N) is 1. The number of para-hydroxylation sites is 2. The van der Waals surface area contributed by atoms with Gasteiger partial charge in [-0.05, 0) is 67.8 Å². The van der Waals surface area contributed by atoms with Gasteiger partial charge in [0.2, 0.25) is 11.8 Å². The standard InChI is InChI=1S/C36H40ClN3O5S/c1-4-27(3)38-36(42)33(24-28-14-8-6-9-15-28)39(25-29-16-10-7-11-17-29)35(41)26-40(32-18-12-13-19-34(32)45-5-2)46(43,44)31-22-20-30(37)21-23-31/h6-23,27,33H,4-5,24-26H2,1-3H3,(H,38,42)/t27-,33+/m0/s1. The largest absolute Gasteiger partial charge is 0.492 e. The molecule has 0 fully saturated rings. The highest BCUT2D eigenvalue weighted by atomic mass is 35.5. The van der Waals surface area contributed by atoms with Crippen LogP contribution < -0.4 is 14.4 Å². The Kier molecular flexibility index (Phi) is 12.2. The zero-order valence-electron chi connectivity index (χ0n) is 26.3. The summed E-state index contributed by atoms with van der Waals surface area (Å²) in [7, 11) is -4.29. The molecule has 2 amide bonds. The minimum absolute atomic E-state index is 0.0408. The van der Waals surface area contributed by atoms with Gasteiger partial charge in [-0.1, -0.05) is 91.3 Å². The van der Waals surface area contributed by atoms with Gasteiger partial charge in [0, 0.05) is 24.0 Å². The number of hydrogen-bond acceptors (Lipinski definition) is 5. The Balaban J connectivity index is 1.83. The molecule has 0 aliphatic rings. The van der Waals surface area contributed by atoms with Crippen LogP contribution in [0.4, 0.5) is 5.69 Å². The number of rotatable bonds is 15. The first-order valence-electron chi connectivity index (χ1n) is 15.3. The maximum absolute atomic E-state index is 14.6. The number of carbonyl (C=O) groups is 2. The SMILES string of the molecule is CCOc1ccccc1N(CC(=O)N(Cc1ccccc1)[C@H](Cc1ccccc1)C(=O)N[C@@H](C)CC)S(=O)(=O)c1ccc(Cl)cc1. The van der Waals surface area contributed by atoms with Crippen molar-refractivity contribution in [3.05, 3.63) is 125 Å². The number of hydrogen-bond donors (Lipinski definition) is 1. The Morgan fingerprint density at radius 3 is 2.02 bits per heavy atom. The molecule has 4 aromatic carbocycles. The lowest BCUT2D eigenvalue weighted by Crippen LogP contribution is -2.54. The zero-order chi connectivity index (χ0) is 33.1. The van der Waals surface area contributed by atoms with E-state index in [2.05, 4.69) is 5.32 Å². The van der Waals surface area contributed by atoms with Crippen molar-refractivity contribution in [1.29, 1.82) is 0 Å². The van der Waals surface area contributed by atoms with Crippen molar-refractivity contribution in [2.45, 2.75) is 57.1 Å². The van der Waals surface area contributed by atoms with E-state index in [4.69, 9.17) is 16.3 Å². The van der Waals surface area contributed by atoms with E-state index in [0.29, 0.717) is 17.2 Å². The summed E-state index contributed by atoms with van der Waals surface area (Å²) in [5.41, 5.74) is 1.87. The Labute approximate surface area is 277 Å². The highest BCUT2D eigenvalue weighted by Crippen LogP contribution is 2.33. The predicted octanol–water partition coefficient (Wildman–Crippen LogP) is 6.49. The molecule has 10 heteroatoms. The highest BCUT2D eigenvalue weighted by molar-refractivity contribution is 7.92. The number of benzene rings is 4. The second-order valence-electron chi connectivity index (χ2n) is 10.9. The van der Waals surface area contributed by atoms with Gasteiger partial charge in [-0.2, -0.15) is 0 Å². The molecule has 4 aromatic rings. The van der Waals surface area contributed by atoms with Gasteiger partial charge < -0.3 is 15.0 Å². The second kappa shape index (κ2) is 16.3. The fourth-order valence-electron chi connectivity index (χ4n) is 4.96. The lowest BCUT2D eigenvalue weighted by atomic mass is 10.0. The summed E-state index contributed by atoms with van der Waals surface area (Å²) in [6.07, 6.45) is 0.943. The van der Waals surface area contributed by atoms with Gasteiger partial charge in [-0.25, -0.2) is 8.42 Å². The molecule has 0 aliphatic carbocycles. The summed E-state index contributed by atoms with van der Waals surface area (Å²) in [5.74, 6) is -0.558. The Morgan fingerprint density at radius 1 is 0.826 bits per heavy atom. The normalized spacial score (nSPS) is 12.5. The van der Waals surface area contributed by atoms with Crippen LogP contribution in [0, 0.1) is 0 Å². The number of carbonyl (C=O) groups excluding carboxylic acids is 2. The monoisotopic (exact) mass is 661 g/mol. The average molecular weight is 662 g/mol. The third-order valence-corrected chi connectivity index (χ3v) is 9.61. The van der Waals surface area contributed by atoms with Gasteiger partial charge in [0.05, 0.1) is 17.2 Å². The van der Waals surface area contributed by atoms with Crippen LogP contribution in [0.2, 0.25) is 5.02 Å². The highest BCUT2D eigenvalue weighted by Gasteiger charge is 2.35. The van der Waals surface area contributed by atoms with Crippen LogP contribution in [0.1, 0.15) is 38.3 Å². The molecule has 242 valence electrons. The predicted molar refractivity (Wildman–Crippen MR) is 182 cm³/mol. The molecule has 8 nitrogen and oxygen atoms in total. The summed E-state index contributed by atoms with van der Waals surface area (Å²) < 4.78 is 35.4. The Bertz CT molecular complexity index is 1690. The molecule has 4 rings (SSSR count). The summed E-state index contributed by atoms with van der Waals surface area (Å²) in [6.45, 7) is 5.47. The first kappa shape index (κ1) is 34.5. The van der Waals surface area contributed by atoms with Gasteiger partial charge >= 0.3 is 0 Å². The van der Waals surface area contributed by atoms with Crippen molar-refractivity contribution < 1.29 is 22.7 Å². The number of amides is 2. The molecule has 0 aromatic heterocycles. The van der Waals surface area contributed by atoms with Crippen LogP contribution in [-0.2, 0) is 32.6 Å². The summed E-state index contributed by atoms with van der Waals surface area (Å²) in [6, 6.07) is 30.2. The minimum atomic E-state index is -4.29. The van der Waals surface area contributed by atoms with E-state index >= 15 is 0 Å². The van der Waals surface area contributed by atoms with Crippen molar-refractivity contribution in [3.63, 3.8) is 0 Å². The van der Waals surface area contributed by atoms with Crippen LogP contribution >= 0.6 is 11.6 Å². The molecule has 0 unspecified atom stereocenters. The van der Waals surface area contributed by atoms with Crippen molar-refractivity contribution in [2.24, 2.45) is 0 Å². The smallest absolute Gasteiger partial charge is 0.264 e. The quantitative estimate of drug-likeness (QED) is 0.157. The van der Waals surface area contributed by atoms with E-state index in [1.54, 1.807) is 31.2 Å². The van der Waals surface area contributed by atoms with Gasteiger partial charge in [-0.3, -0.25) is 13.9 Å². The van der Waals surface area contributed by atoms with Crippen LogP contribution in [0.15, 0.2) is 114 Å². The van der Waals surface area contributed by atoms with Gasteiger partial charge in [0.15, 0.2) is 0 Å². The molecule has 0 bridgehead atoms. The fraction of sp³-hybridized carbons (Fsp3) is 0.278. The van der Waals surface area contributed by atoms with E-state index in [9.17, 15) is 18.0 Å². The average Bonchev–Trinajstić information content (AvgIpc) is 3.06. The molecular formula is C36H40ClN3O5S. The summed E-state index contributed by atoms with van der Waals surface area (Å²) in [5, 5.41) is 3.42. The maximum atomic E-state index is 14.6. The number of ether oxygens (including phenoxy) is 1. The Hall–Kier alpha value is -4.34. The van der Waals surface area contributed by atoms with Crippen LogP contribution in [-0.4, -0.2) is 50.4 Å². The summed E-state index contributed by atoms with van der Waals surface area (Å²) in [4.78, 5) is 30.0. The lowest BCUT2D eigenvalue weighted by molar-refractivity contribution is -0.140. The number of anilines is 1. The molecule has 2 atom stereocenters.